The van der Waals surface area contributed by atoms with Crippen molar-refractivity contribution in [2.75, 3.05) is 19.3 Å². The van der Waals surface area contributed by atoms with Crippen molar-refractivity contribution in [2.45, 2.75) is 63.9 Å². The van der Waals surface area contributed by atoms with E-state index in [1.807, 2.05) is 0 Å². The first kappa shape index (κ1) is 11.6. The molecule has 0 aromatic rings. The molecule has 0 unspecified atom stereocenters. The molecule has 1 N–H and O–H groups in total. The largest absolute Gasteiger partial charge is 0.376 e. The Morgan fingerprint density at radius 2 is 2.25 bits per heavy atom. The average Bonchev–Trinajstić information content (AvgIpc) is 3.00. The van der Waals surface area contributed by atoms with Crippen LogP contribution < -0.4 is 5.09 Å². The lowest BCUT2D eigenvalue weighted by molar-refractivity contribution is 0.0517. The highest BCUT2D eigenvalue weighted by atomic mass is 31.2. The van der Waals surface area contributed by atoms with Gasteiger partial charge in [0, 0.05) is 26.7 Å². The first-order valence-corrected chi connectivity index (χ1v) is 9.21. The number of nitrogens with one attached hydrogen (secondary N) is 1. The molecule has 0 radical (unpaired) electrons. The van der Waals surface area contributed by atoms with Gasteiger partial charge in [0.25, 0.3) is 7.52 Å². The summed E-state index contributed by atoms with van der Waals surface area (Å²) in [6, 6.07) is -0.0662. The topological polar surface area (TPSA) is 56.8 Å². The highest BCUT2D eigenvalue weighted by Gasteiger charge is 2.42. The molecule has 0 amide bonds. The fraction of sp³-hybridized carbons (Fsp3) is 1.00. The number of rotatable bonds is 3. The van der Waals surface area contributed by atoms with Crippen LogP contribution >= 0.6 is 7.52 Å². The van der Waals surface area contributed by atoms with E-state index in [0.29, 0.717) is 19.0 Å². The zero-order chi connectivity index (χ0) is 16.6. The van der Waals surface area contributed by atoms with Crippen LogP contribution in [0, 0.1) is 5.92 Å². The molecule has 20 heavy (non-hydrogen) atoms. The Morgan fingerprint density at radius 3 is 3.00 bits per heavy atom. The first-order chi connectivity index (χ1) is 10.9. The second kappa shape index (κ2) is 6.05. The van der Waals surface area contributed by atoms with Crippen molar-refractivity contribution in [3.63, 3.8) is 0 Å². The second-order valence-corrected chi connectivity index (χ2v) is 8.24. The highest BCUT2D eigenvalue weighted by Crippen LogP contribution is 2.50. The van der Waals surface area contributed by atoms with E-state index in [1.165, 1.54) is 0 Å². The molecule has 116 valence electrons. The van der Waals surface area contributed by atoms with Crippen molar-refractivity contribution < 1.29 is 22.7 Å². The predicted octanol–water partition coefficient (Wildman–Crippen LogP) is 2.55. The van der Waals surface area contributed by atoms with Gasteiger partial charge in [-0.2, -0.15) is 0 Å². The molecule has 0 aromatic heterocycles. The standard InChI is InChI=1S/C14H26NO4P/c1-10-5-7-18-14(10)12-4-3-9-20(16,15-12)19-13-6-8-17-11(13)2/h10-14H,3-9H2,1-2H3,(H,15,16)/t10-,11+,12+,13-,14-,20+/m0/s1/i2D,7T,8T/t7-,8-,10+,11-,12-,13+,14+,20-/m1. The molecule has 3 aliphatic heterocycles. The molecular formula is C14H26NO4P. The van der Waals surface area contributed by atoms with E-state index >= 15 is 0 Å². The Kier molecular flexibility index (Phi) is 3.52. The molecule has 0 bridgehead atoms. The van der Waals surface area contributed by atoms with Gasteiger partial charge in [0.1, 0.15) is 0 Å². The predicted molar refractivity (Wildman–Crippen MR) is 77.1 cm³/mol. The van der Waals surface area contributed by atoms with Gasteiger partial charge < -0.3 is 14.0 Å². The summed E-state index contributed by atoms with van der Waals surface area (Å²) >= 11 is 0. The molecule has 6 heteroatoms. The quantitative estimate of drug-likeness (QED) is 0.812. The molecule has 0 spiro atoms. The van der Waals surface area contributed by atoms with Gasteiger partial charge in [-0.25, -0.2) is 5.09 Å². The summed E-state index contributed by atoms with van der Waals surface area (Å²) in [4.78, 5) is 0. The van der Waals surface area contributed by atoms with Gasteiger partial charge in [0.15, 0.2) is 0 Å². The van der Waals surface area contributed by atoms with Gasteiger partial charge in [0.2, 0.25) is 0 Å². The van der Waals surface area contributed by atoms with Crippen LogP contribution in [0.15, 0.2) is 0 Å². The highest BCUT2D eigenvalue weighted by molar-refractivity contribution is 7.57. The average molecular weight is 308 g/mol. The lowest BCUT2D eigenvalue weighted by atomic mass is 9.95. The third kappa shape index (κ3) is 3.12. The minimum Gasteiger partial charge on any atom is -0.376 e. The Labute approximate surface area is 125 Å². The maximum atomic E-state index is 13.1. The zero-order valence-corrected chi connectivity index (χ0v) is 12.8. The van der Waals surface area contributed by atoms with Crippen LogP contribution in [0.3, 0.4) is 0 Å². The maximum absolute atomic E-state index is 13.1. The summed E-state index contributed by atoms with van der Waals surface area (Å²) in [5.74, 6) is 0.259. The third-order valence-corrected chi connectivity index (χ3v) is 6.57. The second-order valence-electron chi connectivity index (χ2n) is 5.98. The molecular weight excluding hydrogens is 277 g/mol. The first-order valence-electron chi connectivity index (χ1n) is 9.26. The Morgan fingerprint density at radius 1 is 1.40 bits per heavy atom. The lowest BCUT2D eigenvalue weighted by Gasteiger charge is -2.36. The molecule has 3 saturated heterocycles. The van der Waals surface area contributed by atoms with E-state index in [-0.39, 0.29) is 25.0 Å². The summed E-state index contributed by atoms with van der Waals surface area (Å²) < 4.78 is 52.9. The van der Waals surface area contributed by atoms with E-state index in [2.05, 4.69) is 12.0 Å². The number of ether oxygens (including phenoxy) is 2. The van der Waals surface area contributed by atoms with Crippen molar-refractivity contribution in [1.82, 2.24) is 5.09 Å². The summed E-state index contributed by atoms with van der Waals surface area (Å²) in [6.45, 7) is 0.864. The van der Waals surface area contributed by atoms with E-state index in [4.69, 9.17) is 18.1 Å². The molecule has 3 fully saturated rings. The van der Waals surface area contributed by atoms with Gasteiger partial charge >= 0.3 is 0 Å². The molecule has 0 saturated carbocycles. The summed E-state index contributed by atoms with van der Waals surface area (Å²) in [7, 11) is -3.03. The molecule has 3 rings (SSSR count). The van der Waals surface area contributed by atoms with Gasteiger partial charge in [-0.05, 0) is 38.5 Å². The van der Waals surface area contributed by atoms with Crippen molar-refractivity contribution in [3.05, 3.63) is 0 Å². The van der Waals surface area contributed by atoms with Gasteiger partial charge in [-0.3, -0.25) is 4.57 Å². The monoisotopic (exact) mass is 308 g/mol. The van der Waals surface area contributed by atoms with Crippen molar-refractivity contribution in [1.29, 1.82) is 0 Å². The molecule has 8 atom stereocenters. The van der Waals surface area contributed by atoms with Crippen molar-refractivity contribution in [2.24, 2.45) is 5.92 Å². The Balaban J connectivity index is 1.64. The zero-order valence-electron chi connectivity index (χ0n) is 14.9. The SMILES string of the molecule is [2H]C[C@H]1O[C@H]([3H])C[C@@H]1O[P@]1(=O)CCC[C@H]([C@H]2O[C@H]([3H])C[C@@H]2C)N1. The lowest BCUT2D eigenvalue weighted by Crippen LogP contribution is -2.44. The van der Waals surface area contributed by atoms with Crippen LogP contribution in [-0.2, 0) is 18.6 Å². The Bertz CT molecular complexity index is 471. The van der Waals surface area contributed by atoms with Crippen LogP contribution in [0.2, 0.25) is 0 Å². The van der Waals surface area contributed by atoms with Crippen LogP contribution in [-0.4, -0.2) is 43.7 Å². The molecule has 3 heterocycles. The summed E-state index contributed by atoms with van der Waals surface area (Å²) in [5.41, 5.74) is 0. The smallest absolute Gasteiger partial charge is 0.270 e. The van der Waals surface area contributed by atoms with Gasteiger partial charge in [-0.15, -0.1) is 0 Å². The van der Waals surface area contributed by atoms with E-state index in [0.717, 1.165) is 12.8 Å². The summed E-state index contributed by atoms with van der Waals surface area (Å²) in [6.07, 6.45) is 2.11. The molecule has 3 aliphatic rings. The maximum Gasteiger partial charge on any atom is 0.270 e. The number of hydrogen-bond acceptors (Lipinski definition) is 4. The minimum absolute atomic E-state index is 0.00671. The van der Waals surface area contributed by atoms with Gasteiger partial charge in [-0.1, -0.05) is 6.92 Å². The third-order valence-electron chi connectivity index (χ3n) is 4.33. The normalized spacial score (nSPS) is 59.0. The fourth-order valence-corrected chi connectivity index (χ4v) is 5.48. The number of hydrogen-bond donors (Lipinski definition) is 1. The Hall–Kier alpha value is 0.0700. The minimum atomic E-state index is -3.03. The van der Waals surface area contributed by atoms with Crippen LogP contribution in [0.5, 0.6) is 0 Å². The molecule has 5 nitrogen and oxygen atoms in total. The van der Waals surface area contributed by atoms with Crippen LogP contribution in [0.4, 0.5) is 0 Å². The summed E-state index contributed by atoms with van der Waals surface area (Å²) in [5, 5.41) is 3.16. The molecule has 0 aliphatic carbocycles. The van der Waals surface area contributed by atoms with E-state index in [9.17, 15) is 4.57 Å². The molecule has 0 aromatic carbocycles. The van der Waals surface area contributed by atoms with E-state index in [1.54, 1.807) is 0 Å². The van der Waals surface area contributed by atoms with E-state index < -0.39 is 32.9 Å². The van der Waals surface area contributed by atoms with Crippen LogP contribution in [0.1, 0.15) is 43.6 Å². The van der Waals surface area contributed by atoms with Crippen molar-refractivity contribution in [3.8, 4) is 0 Å². The fourth-order valence-electron chi connectivity index (χ4n) is 3.14. The van der Waals surface area contributed by atoms with Gasteiger partial charge in [0.05, 0.1) is 21.1 Å². The van der Waals surface area contributed by atoms with Crippen molar-refractivity contribution >= 4 is 7.52 Å². The van der Waals surface area contributed by atoms with Crippen LogP contribution in [0.25, 0.3) is 0 Å².